The predicted molar refractivity (Wildman–Crippen MR) is 41.2 cm³/mol. The van der Waals surface area contributed by atoms with Crippen LogP contribution in [0.2, 0.25) is 0 Å². The van der Waals surface area contributed by atoms with E-state index in [1.54, 1.807) is 0 Å². The Morgan fingerprint density at radius 2 is 2.11 bits per heavy atom. The molecule has 0 heterocycles. The second-order valence-electron chi connectivity index (χ2n) is 3.61. The van der Waals surface area contributed by atoms with Crippen LogP contribution in [-0.2, 0) is 0 Å². The number of rotatable bonds is 1. The van der Waals surface area contributed by atoms with Gasteiger partial charge in [0.25, 0.3) is 0 Å². The summed E-state index contributed by atoms with van der Waals surface area (Å²) in [5.74, 6) is 2.53. The third-order valence-electron chi connectivity index (χ3n) is 2.39. The normalized spacial score (nSPS) is 34.9. The van der Waals surface area contributed by atoms with Gasteiger partial charge in [0.15, 0.2) is 0 Å². The van der Waals surface area contributed by atoms with Gasteiger partial charge in [0.2, 0.25) is 0 Å². The molecule has 52 valence electrons. The van der Waals surface area contributed by atoms with Crippen molar-refractivity contribution in [3.8, 4) is 0 Å². The largest absolute Gasteiger partial charge is 0.0996 e. The molecule has 0 saturated heterocycles. The number of hydrogen-bond donors (Lipinski definition) is 0. The van der Waals surface area contributed by atoms with Crippen LogP contribution in [0.25, 0.3) is 0 Å². The van der Waals surface area contributed by atoms with Crippen molar-refractivity contribution in [1.82, 2.24) is 0 Å². The molecular formula is C9H16. The summed E-state index contributed by atoms with van der Waals surface area (Å²) in [6.45, 7) is 10.9. The predicted octanol–water partition coefficient (Wildman–Crippen LogP) is 2.85. The highest BCUT2D eigenvalue weighted by molar-refractivity contribution is 5.14. The van der Waals surface area contributed by atoms with Gasteiger partial charge in [0.1, 0.15) is 0 Å². The average molecular weight is 124 g/mol. The van der Waals surface area contributed by atoms with Crippen LogP contribution >= 0.6 is 0 Å². The minimum atomic E-state index is 0.807. The Morgan fingerprint density at radius 3 is 2.22 bits per heavy atom. The quantitative estimate of drug-likeness (QED) is 0.471. The molecule has 1 rings (SSSR count). The molecule has 1 aliphatic carbocycles. The average Bonchev–Trinajstić information content (AvgIpc) is 1.62. The molecule has 1 aliphatic rings. The Labute approximate surface area is 58.0 Å². The first-order valence-corrected chi connectivity index (χ1v) is 3.80. The number of hydrogen-bond acceptors (Lipinski definition) is 0. The molecular weight excluding hydrogens is 108 g/mol. The van der Waals surface area contributed by atoms with E-state index in [0.29, 0.717) is 0 Å². The van der Waals surface area contributed by atoms with Crippen molar-refractivity contribution in [2.75, 3.05) is 0 Å². The van der Waals surface area contributed by atoms with Crippen LogP contribution in [-0.4, -0.2) is 0 Å². The molecule has 0 radical (unpaired) electrons. The van der Waals surface area contributed by atoms with Gasteiger partial charge in [-0.25, -0.2) is 0 Å². The molecule has 2 atom stereocenters. The van der Waals surface area contributed by atoms with Crippen molar-refractivity contribution >= 4 is 0 Å². The molecule has 0 aromatic rings. The summed E-state index contributed by atoms with van der Waals surface area (Å²) in [5.41, 5.74) is 1.47. The van der Waals surface area contributed by atoms with Crippen molar-refractivity contribution in [3.63, 3.8) is 0 Å². The summed E-state index contributed by atoms with van der Waals surface area (Å²) >= 11 is 0. The molecule has 0 N–H and O–H groups in total. The molecule has 0 bridgehead atoms. The van der Waals surface area contributed by atoms with Gasteiger partial charge < -0.3 is 0 Å². The van der Waals surface area contributed by atoms with Crippen molar-refractivity contribution in [2.24, 2.45) is 17.8 Å². The van der Waals surface area contributed by atoms with Crippen molar-refractivity contribution in [2.45, 2.75) is 27.2 Å². The molecule has 9 heavy (non-hydrogen) atoms. The van der Waals surface area contributed by atoms with Crippen LogP contribution in [0.15, 0.2) is 12.2 Å². The second kappa shape index (κ2) is 2.17. The molecule has 0 aromatic heterocycles. The zero-order valence-electron chi connectivity index (χ0n) is 6.65. The van der Waals surface area contributed by atoms with E-state index in [-0.39, 0.29) is 0 Å². The summed E-state index contributed by atoms with van der Waals surface area (Å²) in [6, 6.07) is 0. The molecule has 0 heteroatoms. The first-order valence-electron chi connectivity index (χ1n) is 3.80. The molecule has 1 saturated carbocycles. The maximum Gasteiger partial charge on any atom is -0.0154 e. The topological polar surface area (TPSA) is 0 Å². The minimum Gasteiger partial charge on any atom is -0.0996 e. The Morgan fingerprint density at radius 1 is 1.56 bits per heavy atom. The van der Waals surface area contributed by atoms with Gasteiger partial charge in [0, 0.05) is 0 Å². The molecule has 0 nitrogen and oxygen atoms in total. The van der Waals surface area contributed by atoms with Crippen LogP contribution in [0.5, 0.6) is 0 Å². The highest BCUT2D eigenvalue weighted by atomic mass is 14.4. The van der Waals surface area contributed by atoms with E-state index in [1.807, 2.05) is 0 Å². The fraction of sp³-hybridized carbons (Fsp3) is 0.778. The highest BCUT2D eigenvalue weighted by Gasteiger charge is 2.32. The van der Waals surface area contributed by atoms with Gasteiger partial charge in [-0.2, -0.15) is 0 Å². The maximum absolute atomic E-state index is 4.01. The smallest absolute Gasteiger partial charge is 0.0154 e. The fourth-order valence-corrected chi connectivity index (χ4v) is 2.05. The summed E-state index contributed by atoms with van der Waals surface area (Å²) in [5, 5.41) is 0. The maximum atomic E-state index is 4.01. The van der Waals surface area contributed by atoms with Crippen molar-refractivity contribution in [1.29, 1.82) is 0 Å². The summed E-state index contributed by atoms with van der Waals surface area (Å²) < 4.78 is 0. The van der Waals surface area contributed by atoms with E-state index in [9.17, 15) is 0 Å². The van der Waals surface area contributed by atoms with Gasteiger partial charge in [0.05, 0.1) is 0 Å². The Balaban J connectivity index is 2.49. The van der Waals surface area contributed by atoms with Crippen LogP contribution in [0, 0.1) is 17.8 Å². The van der Waals surface area contributed by atoms with E-state index in [0.717, 1.165) is 17.8 Å². The lowest BCUT2D eigenvalue weighted by molar-refractivity contribution is 0.230. The molecule has 1 fully saturated rings. The van der Waals surface area contributed by atoms with Crippen molar-refractivity contribution < 1.29 is 0 Å². The summed E-state index contributed by atoms with van der Waals surface area (Å²) in [4.78, 5) is 0. The molecule has 0 aliphatic heterocycles. The van der Waals surface area contributed by atoms with Gasteiger partial charge in [-0.15, -0.1) is 0 Å². The van der Waals surface area contributed by atoms with Crippen molar-refractivity contribution in [3.05, 3.63) is 12.2 Å². The number of allylic oxidation sites excluding steroid dienone is 1. The highest BCUT2D eigenvalue weighted by Crippen LogP contribution is 2.42. The van der Waals surface area contributed by atoms with Crippen LogP contribution in [0.4, 0.5) is 0 Å². The zero-order chi connectivity index (χ0) is 7.02. The standard InChI is InChI=1S/C9H16/c1-6(2)9-7(3)5-8(9)4/h6,8-9H,3,5H2,1-2,4H3. The van der Waals surface area contributed by atoms with E-state index >= 15 is 0 Å². The van der Waals surface area contributed by atoms with Gasteiger partial charge >= 0.3 is 0 Å². The monoisotopic (exact) mass is 124 g/mol. The van der Waals surface area contributed by atoms with Gasteiger partial charge in [-0.3, -0.25) is 0 Å². The van der Waals surface area contributed by atoms with E-state index < -0.39 is 0 Å². The Kier molecular flexibility index (Phi) is 1.65. The summed E-state index contributed by atoms with van der Waals surface area (Å²) in [7, 11) is 0. The lowest BCUT2D eigenvalue weighted by atomic mass is 9.66. The fourth-order valence-electron chi connectivity index (χ4n) is 2.05. The molecule has 2 unspecified atom stereocenters. The van der Waals surface area contributed by atoms with E-state index in [1.165, 1.54) is 12.0 Å². The van der Waals surface area contributed by atoms with Crippen LogP contribution in [0.1, 0.15) is 27.2 Å². The third-order valence-corrected chi connectivity index (χ3v) is 2.39. The summed E-state index contributed by atoms with van der Waals surface area (Å²) in [6.07, 6.45) is 1.27. The first kappa shape index (κ1) is 6.85. The van der Waals surface area contributed by atoms with Crippen LogP contribution < -0.4 is 0 Å². The third kappa shape index (κ3) is 1.03. The Hall–Kier alpha value is -0.260. The minimum absolute atomic E-state index is 0.807. The molecule has 0 amide bonds. The van der Waals surface area contributed by atoms with E-state index in [2.05, 4.69) is 27.4 Å². The van der Waals surface area contributed by atoms with Crippen LogP contribution in [0.3, 0.4) is 0 Å². The second-order valence-corrected chi connectivity index (χ2v) is 3.61. The SMILES string of the molecule is C=C1CC(C)C1C(C)C. The first-order chi connectivity index (χ1) is 4.13. The van der Waals surface area contributed by atoms with E-state index in [4.69, 9.17) is 0 Å². The van der Waals surface area contributed by atoms with Gasteiger partial charge in [-0.05, 0) is 24.2 Å². The molecule has 0 spiro atoms. The lowest BCUT2D eigenvalue weighted by Crippen LogP contribution is -2.30. The lowest BCUT2D eigenvalue weighted by Gasteiger charge is -2.39. The zero-order valence-corrected chi connectivity index (χ0v) is 6.65. The molecule has 0 aromatic carbocycles. The Bertz CT molecular complexity index is 117. The van der Waals surface area contributed by atoms with Gasteiger partial charge in [-0.1, -0.05) is 32.9 Å².